The average molecular weight is 393 g/mol. The van der Waals surface area contributed by atoms with Crippen LogP contribution in [0.3, 0.4) is 0 Å². The smallest absolute Gasteiger partial charge is 0.264 e. The van der Waals surface area contributed by atoms with Gasteiger partial charge in [0.25, 0.3) is 5.91 Å². The molecule has 0 aromatic heterocycles. The zero-order chi connectivity index (χ0) is 19.3. The Bertz CT molecular complexity index is 882. The number of likely N-dealkylation sites (N-methyl/N-ethyl adjacent to an activating group) is 1. The number of hydrogen-bond acceptors (Lipinski definition) is 3. The topological polar surface area (TPSA) is 53.3 Å². The van der Waals surface area contributed by atoms with Gasteiger partial charge in [0.05, 0.1) is 10.0 Å². The van der Waals surface area contributed by atoms with E-state index in [9.17, 15) is 9.18 Å². The number of halogens is 3. The van der Waals surface area contributed by atoms with Crippen LogP contribution in [0.25, 0.3) is 6.08 Å². The Labute approximate surface area is 161 Å². The van der Waals surface area contributed by atoms with E-state index in [1.54, 1.807) is 32.3 Å². The van der Waals surface area contributed by atoms with Gasteiger partial charge < -0.3 is 9.64 Å². The van der Waals surface area contributed by atoms with Crippen molar-refractivity contribution in [2.75, 3.05) is 14.1 Å². The Balaban J connectivity index is 2.27. The average Bonchev–Trinajstić information content (AvgIpc) is 2.59. The van der Waals surface area contributed by atoms with Crippen molar-refractivity contribution in [3.8, 4) is 11.8 Å². The monoisotopic (exact) mass is 392 g/mol. The molecule has 0 unspecified atom stereocenters. The van der Waals surface area contributed by atoms with E-state index >= 15 is 0 Å². The van der Waals surface area contributed by atoms with E-state index < -0.39 is 5.91 Å². The highest BCUT2D eigenvalue weighted by Gasteiger charge is 2.14. The lowest BCUT2D eigenvalue weighted by Crippen LogP contribution is -2.22. The van der Waals surface area contributed by atoms with Crippen LogP contribution >= 0.6 is 23.2 Å². The fourth-order valence-electron chi connectivity index (χ4n) is 2.12. The molecule has 4 nitrogen and oxygen atoms in total. The van der Waals surface area contributed by atoms with Gasteiger partial charge in [0, 0.05) is 19.7 Å². The Kier molecular flexibility index (Phi) is 6.62. The van der Waals surface area contributed by atoms with E-state index in [0.29, 0.717) is 11.1 Å². The Morgan fingerprint density at radius 1 is 1.27 bits per heavy atom. The van der Waals surface area contributed by atoms with Gasteiger partial charge in [-0.25, -0.2) is 4.39 Å². The number of benzene rings is 2. The van der Waals surface area contributed by atoms with Crippen LogP contribution in [0.5, 0.6) is 5.75 Å². The highest BCUT2D eigenvalue weighted by Crippen LogP contribution is 2.35. The number of nitrogens with zero attached hydrogens (tertiary/aromatic N) is 2. The van der Waals surface area contributed by atoms with Crippen LogP contribution in [0.1, 0.15) is 11.1 Å². The molecule has 1 amide bonds. The zero-order valence-corrected chi connectivity index (χ0v) is 15.6. The van der Waals surface area contributed by atoms with E-state index in [-0.39, 0.29) is 33.8 Å². The molecule has 0 bridgehead atoms. The summed E-state index contributed by atoms with van der Waals surface area (Å²) in [7, 11) is 3.10. The molecular formula is C19H15Cl2FN2O2. The lowest BCUT2D eigenvalue weighted by Gasteiger charge is -2.12. The molecule has 0 fully saturated rings. The lowest BCUT2D eigenvalue weighted by molar-refractivity contribution is -0.124. The van der Waals surface area contributed by atoms with Crippen LogP contribution in [-0.2, 0) is 11.4 Å². The number of amides is 1. The van der Waals surface area contributed by atoms with Crippen molar-refractivity contribution in [3.05, 3.63) is 69.0 Å². The van der Waals surface area contributed by atoms with Gasteiger partial charge in [-0.1, -0.05) is 41.4 Å². The lowest BCUT2D eigenvalue weighted by atomic mass is 10.1. The minimum Gasteiger partial charge on any atom is -0.486 e. The van der Waals surface area contributed by atoms with E-state index in [1.165, 1.54) is 29.2 Å². The standard InChI is InChI=1S/C19H15Cl2FN2O2/c1-24(2)19(25)14(10-23)7-12-8-15(20)18(16(21)9-12)26-11-13-5-3-4-6-17(13)22/h3-9H,11H2,1-2H3/b14-7-. The third-order valence-corrected chi connectivity index (χ3v) is 3.98. The fourth-order valence-corrected chi connectivity index (χ4v) is 2.73. The van der Waals surface area contributed by atoms with E-state index in [0.717, 1.165) is 0 Å². The highest BCUT2D eigenvalue weighted by molar-refractivity contribution is 6.37. The largest absolute Gasteiger partial charge is 0.486 e. The number of ether oxygens (including phenoxy) is 1. The molecule has 0 N–H and O–H groups in total. The SMILES string of the molecule is CN(C)C(=O)/C(C#N)=C\c1cc(Cl)c(OCc2ccccc2F)c(Cl)c1. The van der Waals surface area contributed by atoms with Gasteiger partial charge >= 0.3 is 0 Å². The predicted octanol–water partition coefficient (Wildman–Crippen LogP) is 4.71. The maximum absolute atomic E-state index is 13.7. The first-order valence-electron chi connectivity index (χ1n) is 7.52. The molecule has 2 rings (SSSR count). The summed E-state index contributed by atoms with van der Waals surface area (Å²) in [4.78, 5) is 13.2. The van der Waals surface area contributed by atoms with Crippen molar-refractivity contribution >= 4 is 35.2 Å². The summed E-state index contributed by atoms with van der Waals surface area (Å²) in [5.74, 6) is -0.619. The molecule has 26 heavy (non-hydrogen) atoms. The van der Waals surface area contributed by atoms with Crippen LogP contribution in [0.2, 0.25) is 10.0 Å². The summed E-state index contributed by atoms with van der Waals surface area (Å²) < 4.78 is 19.2. The van der Waals surface area contributed by atoms with Gasteiger partial charge in [-0.2, -0.15) is 5.26 Å². The van der Waals surface area contributed by atoms with Crippen molar-refractivity contribution in [2.24, 2.45) is 0 Å². The first-order chi connectivity index (χ1) is 12.3. The minimum atomic E-state index is -0.431. The Hall–Kier alpha value is -2.55. The molecule has 0 aliphatic rings. The molecule has 0 aliphatic heterocycles. The first kappa shape index (κ1) is 19.8. The number of carbonyl (C=O) groups excluding carboxylic acids is 1. The summed E-state index contributed by atoms with van der Waals surface area (Å²) in [5, 5.41) is 9.52. The summed E-state index contributed by atoms with van der Waals surface area (Å²) in [6, 6.07) is 11.1. The molecule has 0 saturated carbocycles. The molecular weight excluding hydrogens is 378 g/mol. The highest BCUT2D eigenvalue weighted by atomic mass is 35.5. The summed E-state index contributed by atoms with van der Waals surface area (Å²) >= 11 is 12.4. The quantitative estimate of drug-likeness (QED) is 0.546. The number of rotatable bonds is 5. The maximum Gasteiger partial charge on any atom is 0.264 e. The molecule has 134 valence electrons. The number of nitriles is 1. The third kappa shape index (κ3) is 4.75. The van der Waals surface area contributed by atoms with Crippen molar-refractivity contribution in [3.63, 3.8) is 0 Å². The number of hydrogen-bond donors (Lipinski definition) is 0. The van der Waals surface area contributed by atoms with Crippen LogP contribution in [-0.4, -0.2) is 24.9 Å². The Morgan fingerprint density at radius 3 is 2.42 bits per heavy atom. The minimum absolute atomic E-state index is 0.0378. The molecule has 2 aromatic rings. The Morgan fingerprint density at radius 2 is 1.88 bits per heavy atom. The molecule has 0 spiro atoms. The predicted molar refractivity (Wildman–Crippen MR) is 99.5 cm³/mol. The number of carbonyl (C=O) groups is 1. The molecule has 0 heterocycles. The molecule has 0 aliphatic carbocycles. The van der Waals surface area contributed by atoms with Crippen molar-refractivity contribution in [1.82, 2.24) is 4.90 Å². The van der Waals surface area contributed by atoms with Gasteiger partial charge in [0.15, 0.2) is 5.75 Å². The van der Waals surface area contributed by atoms with Crippen molar-refractivity contribution in [2.45, 2.75) is 6.61 Å². The van der Waals surface area contributed by atoms with Gasteiger partial charge in [-0.15, -0.1) is 0 Å². The van der Waals surface area contributed by atoms with Crippen LogP contribution in [0.15, 0.2) is 42.0 Å². The van der Waals surface area contributed by atoms with Gasteiger partial charge in [-0.3, -0.25) is 4.79 Å². The van der Waals surface area contributed by atoms with E-state index in [4.69, 9.17) is 33.2 Å². The fraction of sp³-hybridized carbons (Fsp3) is 0.158. The van der Waals surface area contributed by atoms with Gasteiger partial charge in [0.2, 0.25) is 0 Å². The van der Waals surface area contributed by atoms with Crippen molar-refractivity contribution < 1.29 is 13.9 Å². The summed E-state index contributed by atoms with van der Waals surface area (Å²) in [6.07, 6.45) is 1.39. The summed E-state index contributed by atoms with van der Waals surface area (Å²) in [6.45, 7) is -0.0378. The second-order valence-corrected chi connectivity index (χ2v) is 6.38. The maximum atomic E-state index is 13.7. The molecule has 0 atom stereocenters. The van der Waals surface area contributed by atoms with Crippen LogP contribution in [0.4, 0.5) is 4.39 Å². The van der Waals surface area contributed by atoms with Gasteiger partial charge in [0.1, 0.15) is 24.1 Å². The molecule has 0 saturated heterocycles. The molecule has 0 radical (unpaired) electrons. The van der Waals surface area contributed by atoms with E-state index in [1.807, 2.05) is 6.07 Å². The second kappa shape index (κ2) is 8.70. The normalized spacial score (nSPS) is 11.0. The zero-order valence-electron chi connectivity index (χ0n) is 14.1. The first-order valence-corrected chi connectivity index (χ1v) is 8.27. The van der Waals surface area contributed by atoms with Crippen LogP contribution < -0.4 is 4.74 Å². The van der Waals surface area contributed by atoms with E-state index in [2.05, 4.69) is 0 Å². The van der Waals surface area contributed by atoms with Crippen molar-refractivity contribution in [1.29, 1.82) is 5.26 Å². The third-order valence-electron chi connectivity index (χ3n) is 3.42. The molecule has 2 aromatic carbocycles. The molecule has 7 heteroatoms. The second-order valence-electron chi connectivity index (χ2n) is 5.56. The summed E-state index contributed by atoms with van der Waals surface area (Å²) in [5.41, 5.74) is 0.791. The van der Waals surface area contributed by atoms with Crippen LogP contribution in [0, 0.1) is 17.1 Å². The van der Waals surface area contributed by atoms with Gasteiger partial charge in [-0.05, 0) is 29.8 Å².